The Balaban J connectivity index is 2.94. The quantitative estimate of drug-likeness (QED) is 0.371. The van der Waals surface area contributed by atoms with E-state index in [2.05, 4.69) is 0 Å². The smallest absolute Gasteiger partial charge is 0.340 e. The molecule has 118 valence electrons. The van der Waals surface area contributed by atoms with Crippen molar-refractivity contribution in [2.75, 3.05) is 19.3 Å². The number of aliphatic hydroxyl groups is 1. The molecule has 0 aromatic carbocycles. The highest BCUT2D eigenvalue weighted by Gasteiger charge is 2.40. The van der Waals surface area contributed by atoms with Gasteiger partial charge < -0.3 is 15.1 Å². The number of aliphatic carboxylic acids is 1. The Morgan fingerprint density at radius 2 is 2.24 bits per heavy atom. The van der Waals surface area contributed by atoms with Crippen LogP contribution in [0.25, 0.3) is 0 Å². The van der Waals surface area contributed by atoms with Crippen LogP contribution in [0, 0.1) is 17.2 Å². The summed E-state index contributed by atoms with van der Waals surface area (Å²) in [5.74, 6) is -1.81. The Morgan fingerprint density at radius 3 is 2.71 bits per heavy atom. The molecule has 0 aromatic heterocycles. The van der Waals surface area contributed by atoms with Gasteiger partial charge in [-0.1, -0.05) is 6.92 Å². The Kier molecular flexibility index (Phi) is 6.42. The largest absolute Gasteiger partial charge is 0.478 e. The van der Waals surface area contributed by atoms with E-state index in [-0.39, 0.29) is 11.5 Å². The number of nitrogens with one attached hydrogen (secondary N) is 1. The highest BCUT2D eigenvalue weighted by Crippen LogP contribution is 2.38. The molecule has 0 heterocycles. The van der Waals surface area contributed by atoms with Gasteiger partial charge in [0.05, 0.1) is 18.4 Å². The van der Waals surface area contributed by atoms with Crippen molar-refractivity contribution in [1.82, 2.24) is 4.90 Å². The minimum atomic E-state index is -1.22. The number of ketones is 1. The van der Waals surface area contributed by atoms with Gasteiger partial charge in [-0.2, -0.15) is 0 Å². The molecule has 3 N–H and O–H groups in total. The molecule has 3 atom stereocenters. The van der Waals surface area contributed by atoms with Gasteiger partial charge >= 0.3 is 5.97 Å². The minimum absolute atomic E-state index is 0.0800. The molecule has 0 fully saturated rings. The number of carboxylic acids is 1. The van der Waals surface area contributed by atoms with Gasteiger partial charge in [0.15, 0.2) is 5.78 Å². The molecule has 0 bridgehead atoms. The Hall–Kier alpha value is -1.34. The number of carbonyl (C=O) groups excluding carboxylic acids is 1. The molecule has 1 rings (SSSR count). The summed E-state index contributed by atoms with van der Waals surface area (Å²) in [5.41, 5.74) is -0.179. The predicted molar refractivity (Wildman–Crippen MR) is 82.5 cm³/mol. The second-order valence-corrected chi connectivity index (χ2v) is 6.56. The summed E-state index contributed by atoms with van der Waals surface area (Å²) >= 11 is 1.35. The molecule has 0 aliphatic heterocycles. The number of rotatable bonds is 7. The highest BCUT2D eigenvalue weighted by molar-refractivity contribution is 8.03. The minimum Gasteiger partial charge on any atom is -0.478 e. The molecule has 1 aliphatic rings. The summed E-state index contributed by atoms with van der Waals surface area (Å²) in [5, 5.41) is 26.1. The summed E-state index contributed by atoms with van der Waals surface area (Å²) in [6.45, 7) is 3.99. The van der Waals surface area contributed by atoms with Gasteiger partial charge in [0.2, 0.25) is 0 Å². The average molecular weight is 314 g/mol. The number of nitrogens with zero attached hydrogens (tertiary/aromatic N) is 1. The lowest BCUT2D eigenvalue weighted by Gasteiger charge is -2.31. The molecular weight excluding hydrogens is 292 g/mol. The summed E-state index contributed by atoms with van der Waals surface area (Å²) in [6.07, 6.45) is 0.838. The average Bonchev–Trinajstić information content (AvgIpc) is 2.36. The molecule has 0 saturated carbocycles. The summed E-state index contributed by atoms with van der Waals surface area (Å²) in [7, 11) is 1.76. The molecule has 0 spiro atoms. The van der Waals surface area contributed by atoms with E-state index in [1.165, 1.54) is 25.0 Å². The normalized spacial score (nSPS) is 23.9. The fourth-order valence-corrected chi connectivity index (χ4v) is 3.85. The van der Waals surface area contributed by atoms with Crippen LogP contribution in [0.2, 0.25) is 0 Å². The van der Waals surface area contributed by atoms with Crippen molar-refractivity contribution in [1.29, 1.82) is 5.41 Å². The van der Waals surface area contributed by atoms with Crippen molar-refractivity contribution in [2.24, 2.45) is 11.8 Å². The van der Waals surface area contributed by atoms with Crippen LogP contribution in [0.15, 0.2) is 10.5 Å². The number of aliphatic hydroxyl groups excluding tert-OH is 1. The lowest BCUT2D eigenvalue weighted by Crippen LogP contribution is -2.38. The fraction of sp³-hybridized carbons (Fsp3) is 0.643. The third-order valence-electron chi connectivity index (χ3n) is 3.62. The second kappa shape index (κ2) is 7.61. The van der Waals surface area contributed by atoms with E-state index in [1.54, 1.807) is 11.9 Å². The molecule has 7 heteroatoms. The number of thioether (sulfide) groups is 1. The number of allylic oxidation sites excluding steroid dienone is 1. The number of carboxylic acid groups (broad SMARTS) is 1. The van der Waals surface area contributed by atoms with Gasteiger partial charge in [0.1, 0.15) is 5.57 Å². The van der Waals surface area contributed by atoms with Crippen molar-refractivity contribution in [3.05, 3.63) is 10.5 Å². The molecular formula is C14H22N2O4S. The third-order valence-corrected chi connectivity index (χ3v) is 4.73. The van der Waals surface area contributed by atoms with Crippen molar-refractivity contribution in [2.45, 2.75) is 26.4 Å². The molecule has 1 aliphatic carbocycles. The Morgan fingerprint density at radius 1 is 1.62 bits per heavy atom. The first-order valence-electron chi connectivity index (χ1n) is 6.82. The lowest BCUT2D eigenvalue weighted by atomic mass is 9.76. The van der Waals surface area contributed by atoms with Crippen molar-refractivity contribution < 1.29 is 19.8 Å². The van der Waals surface area contributed by atoms with E-state index >= 15 is 0 Å². The van der Waals surface area contributed by atoms with E-state index in [0.29, 0.717) is 23.6 Å². The van der Waals surface area contributed by atoms with E-state index in [4.69, 9.17) is 5.41 Å². The second-order valence-electron chi connectivity index (χ2n) is 5.37. The van der Waals surface area contributed by atoms with Crippen LogP contribution in [0.4, 0.5) is 0 Å². The summed E-state index contributed by atoms with van der Waals surface area (Å²) in [4.78, 5) is 26.0. The number of carbonyl (C=O) groups is 2. The maximum absolute atomic E-state index is 12.3. The van der Waals surface area contributed by atoms with E-state index in [0.717, 1.165) is 0 Å². The standard InChI is InChI=1S/C14H22N2O4S/c1-8-6-10(21-5-4-16(3)7-15)12(14(19)20)13(18)11(8)9(2)17/h7-9,11,15,17H,4-6H2,1-3H3,(H,19,20). The topological polar surface area (TPSA) is 102 Å². The van der Waals surface area contributed by atoms with Crippen LogP contribution >= 0.6 is 11.8 Å². The first kappa shape index (κ1) is 17.7. The van der Waals surface area contributed by atoms with Crippen molar-refractivity contribution in [3.8, 4) is 0 Å². The van der Waals surface area contributed by atoms with E-state index in [9.17, 15) is 19.8 Å². The van der Waals surface area contributed by atoms with Gasteiger partial charge in [-0.15, -0.1) is 11.8 Å². The van der Waals surface area contributed by atoms with E-state index in [1.807, 2.05) is 6.92 Å². The monoisotopic (exact) mass is 314 g/mol. The van der Waals surface area contributed by atoms with Gasteiger partial charge in [0, 0.05) is 24.3 Å². The maximum atomic E-state index is 12.3. The summed E-state index contributed by atoms with van der Waals surface area (Å²) < 4.78 is 0. The van der Waals surface area contributed by atoms with Gasteiger partial charge in [-0.3, -0.25) is 10.2 Å². The molecule has 21 heavy (non-hydrogen) atoms. The Labute approximate surface area is 128 Å². The van der Waals surface area contributed by atoms with Crippen LogP contribution in [0.5, 0.6) is 0 Å². The zero-order valence-electron chi connectivity index (χ0n) is 12.5. The Bertz CT molecular complexity index is 462. The van der Waals surface area contributed by atoms with Crippen LogP contribution in [-0.2, 0) is 9.59 Å². The number of hydrogen-bond donors (Lipinski definition) is 3. The van der Waals surface area contributed by atoms with E-state index < -0.39 is 23.8 Å². The van der Waals surface area contributed by atoms with Crippen LogP contribution in [-0.4, -0.2) is 58.7 Å². The number of hydrogen-bond acceptors (Lipinski definition) is 5. The SMILES string of the molecule is CC(O)C1C(=O)C(C(=O)O)=C(SCCN(C)C=N)CC1C. The van der Waals surface area contributed by atoms with Crippen LogP contribution in [0.1, 0.15) is 20.3 Å². The van der Waals surface area contributed by atoms with Crippen LogP contribution in [0.3, 0.4) is 0 Å². The van der Waals surface area contributed by atoms with Crippen molar-refractivity contribution >= 4 is 29.9 Å². The van der Waals surface area contributed by atoms with Crippen LogP contribution < -0.4 is 0 Å². The fourth-order valence-electron chi connectivity index (χ4n) is 2.51. The first-order chi connectivity index (χ1) is 9.79. The van der Waals surface area contributed by atoms with Gasteiger partial charge in [-0.25, -0.2) is 4.79 Å². The molecule has 0 radical (unpaired) electrons. The molecule has 0 amide bonds. The third kappa shape index (κ3) is 4.31. The zero-order chi connectivity index (χ0) is 16.2. The summed E-state index contributed by atoms with van der Waals surface area (Å²) in [6, 6.07) is 0. The van der Waals surface area contributed by atoms with Gasteiger partial charge in [-0.05, 0) is 19.3 Å². The molecule has 3 unspecified atom stereocenters. The molecule has 0 saturated heterocycles. The molecule has 0 aromatic rings. The lowest BCUT2D eigenvalue weighted by molar-refractivity contribution is -0.137. The predicted octanol–water partition coefficient (Wildman–Crippen LogP) is 1.20. The highest BCUT2D eigenvalue weighted by atomic mass is 32.2. The first-order valence-corrected chi connectivity index (χ1v) is 7.80. The number of Topliss-reactive ketones (excluding diaryl/α,β-unsaturated/α-hetero) is 1. The zero-order valence-corrected chi connectivity index (χ0v) is 13.3. The van der Waals surface area contributed by atoms with Crippen molar-refractivity contribution in [3.63, 3.8) is 0 Å². The molecule has 6 nitrogen and oxygen atoms in total. The van der Waals surface area contributed by atoms with Gasteiger partial charge in [0.25, 0.3) is 0 Å². The maximum Gasteiger partial charge on any atom is 0.340 e.